The fraction of sp³-hybridized carbons (Fsp3) is 0.583. The maximum Gasteiger partial charge on any atom is 0.305 e. The maximum atomic E-state index is 10.9. The molecule has 0 aliphatic heterocycles. The van der Waals surface area contributed by atoms with Crippen LogP contribution in [0.1, 0.15) is 32.6 Å². The summed E-state index contributed by atoms with van der Waals surface area (Å²) in [6, 6.07) is 1.83. The van der Waals surface area contributed by atoms with Crippen molar-refractivity contribution in [1.82, 2.24) is 9.55 Å². The second-order valence-electron chi connectivity index (χ2n) is 3.94. The van der Waals surface area contributed by atoms with Crippen molar-refractivity contribution in [1.29, 1.82) is 0 Å². The lowest BCUT2D eigenvalue weighted by atomic mass is 10.2. The molecule has 0 amide bonds. The van der Waals surface area contributed by atoms with Gasteiger partial charge >= 0.3 is 5.97 Å². The summed E-state index contributed by atoms with van der Waals surface area (Å²) < 4.78 is 8.27. The molecule has 0 spiro atoms. The molecule has 0 radical (unpaired) electrons. The van der Waals surface area contributed by atoms with Gasteiger partial charge in [0.2, 0.25) is 0 Å². The van der Waals surface area contributed by atoms with Crippen LogP contribution >= 0.6 is 24.4 Å². The number of hydrogen-bond donors (Lipinski definition) is 1. The molecule has 0 saturated carbocycles. The van der Waals surface area contributed by atoms with Gasteiger partial charge < -0.3 is 14.3 Å². The minimum atomic E-state index is -0.132. The number of aromatic nitrogens is 2. The first-order chi connectivity index (χ1) is 8.63. The number of rotatable bonds is 7. The van der Waals surface area contributed by atoms with Crippen molar-refractivity contribution < 1.29 is 9.53 Å². The second kappa shape index (κ2) is 8.16. The van der Waals surface area contributed by atoms with E-state index in [4.69, 9.17) is 29.2 Å². The molecule has 4 nitrogen and oxygen atoms in total. The van der Waals surface area contributed by atoms with E-state index in [1.807, 2.05) is 16.8 Å². The highest BCUT2D eigenvalue weighted by Crippen LogP contribution is 2.01. The van der Waals surface area contributed by atoms with Crippen molar-refractivity contribution in [2.24, 2.45) is 0 Å². The van der Waals surface area contributed by atoms with Gasteiger partial charge in [-0.3, -0.25) is 4.79 Å². The van der Waals surface area contributed by atoms with E-state index in [-0.39, 0.29) is 5.97 Å². The Morgan fingerprint density at radius 1 is 1.39 bits per heavy atom. The van der Waals surface area contributed by atoms with Crippen LogP contribution in [0.5, 0.6) is 0 Å². The molecule has 1 heterocycles. The molecule has 0 aliphatic carbocycles. The molecular weight excluding hydrogens is 268 g/mol. The van der Waals surface area contributed by atoms with Gasteiger partial charge in [-0.25, -0.2) is 0 Å². The normalized spacial score (nSPS) is 10.3. The van der Waals surface area contributed by atoms with Crippen LogP contribution in [0.4, 0.5) is 0 Å². The standard InChI is InChI=1S/C12H18N2O2S2/c1-2-11(15)16-9-5-3-4-7-14-8-6-10(17)13-12(14)18/h6,8H,2-5,7,9H2,1H3,(H,13,17,18). The Morgan fingerprint density at radius 3 is 2.83 bits per heavy atom. The zero-order valence-electron chi connectivity index (χ0n) is 10.5. The van der Waals surface area contributed by atoms with Crippen molar-refractivity contribution in [3.05, 3.63) is 21.7 Å². The summed E-state index contributed by atoms with van der Waals surface area (Å²) in [5.41, 5.74) is 0. The van der Waals surface area contributed by atoms with E-state index in [0.29, 0.717) is 22.4 Å². The summed E-state index contributed by atoms with van der Waals surface area (Å²) in [6.07, 6.45) is 5.25. The molecule has 18 heavy (non-hydrogen) atoms. The fourth-order valence-electron chi connectivity index (χ4n) is 1.47. The summed E-state index contributed by atoms with van der Waals surface area (Å²) in [7, 11) is 0. The van der Waals surface area contributed by atoms with Gasteiger partial charge in [0.1, 0.15) is 4.64 Å². The van der Waals surface area contributed by atoms with E-state index >= 15 is 0 Å². The van der Waals surface area contributed by atoms with E-state index in [1.54, 1.807) is 6.92 Å². The minimum Gasteiger partial charge on any atom is -0.466 e. The molecule has 0 atom stereocenters. The molecule has 0 saturated heterocycles. The van der Waals surface area contributed by atoms with Crippen molar-refractivity contribution in [2.75, 3.05) is 6.61 Å². The number of nitrogens with zero attached hydrogens (tertiary/aromatic N) is 1. The molecule has 0 aromatic carbocycles. The third-order valence-electron chi connectivity index (χ3n) is 2.49. The van der Waals surface area contributed by atoms with E-state index in [9.17, 15) is 4.79 Å². The first kappa shape index (κ1) is 15.0. The molecule has 0 bridgehead atoms. The van der Waals surface area contributed by atoms with E-state index in [2.05, 4.69) is 4.98 Å². The van der Waals surface area contributed by atoms with Gasteiger partial charge in [-0.05, 0) is 37.5 Å². The van der Waals surface area contributed by atoms with Crippen molar-refractivity contribution in [3.63, 3.8) is 0 Å². The number of carbonyl (C=O) groups is 1. The van der Waals surface area contributed by atoms with Crippen molar-refractivity contribution in [3.8, 4) is 0 Å². The number of hydrogen-bond acceptors (Lipinski definition) is 4. The lowest BCUT2D eigenvalue weighted by Crippen LogP contribution is -2.05. The Kier molecular flexibility index (Phi) is 6.82. The van der Waals surface area contributed by atoms with E-state index in [0.717, 1.165) is 25.8 Å². The number of H-pyrrole nitrogens is 1. The Bertz CT molecular complexity index is 493. The Labute approximate surface area is 117 Å². The van der Waals surface area contributed by atoms with Crippen LogP contribution in [-0.4, -0.2) is 22.1 Å². The molecule has 1 aromatic rings. The summed E-state index contributed by atoms with van der Waals surface area (Å²) in [5, 5.41) is 0. The topological polar surface area (TPSA) is 47.0 Å². The lowest BCUT2D eigenvalue weighted by Gasteiger charge is -2.06. The molecular formula is C12H18N2O2S2. The van der Waals surface area contributed by atoms with Crippen LogP contribution < -0.4 is 0 Å². The van der Waals surface area contributed by atoms with Gasteiger partial charge in [0.25, 0.3) is 0 Å². The average Bonchev–Trinajstić information content (AvgIpc) is 2.35. The summed E-state index contributed by atoms with van der Waals surface area (Å²) >= 11 is 10.1. The number of aromatic amines is 1. The number of aryl methyl sites for hydroxylation is 1. The smallest absolute Gasteiger partial charge is 0.305 e. The molecule has 0 fully saturated rings. The van der Waals surface area contributed by atoms with Crippen LogP contribution in [0.25, 0.3) is 0 Å². The number of carbonyl (C=O) groups excluding carboxylic acids is 1. The van der Waals surface area contributed by atoms with Gasteiger partial charge in [0.05, 0.1) is 6.61 Å². The van der Waals surface area contributed by atoms with Crippen LogP contribution in [0, 0.1) is 9.41 Å². The van der Waals surface area contributed by atoms with Gasteiger partial charge in [0.15, 0.2) is 4.77 Å². The highest BCUT2D eigenvalue weighted by Gasteiger charge is 1.98. The molecule has 6 heteroatoms. The molecule has 0 unspecified atom stereocenters. The molecule has 100 valence electrons. The molecule has 1 N–H and O–H groups in total. The van der Waals surface area contributed by atoms with Gasteiger partial charge in [-0.2, -0.15) is 0 Å². The van der Waals surface area contributed by atoms with Crippen LogP contribution in [-0.2, 0) is 16.1 Å². The van der Waals surface area contributed by atoms with Gasteiger partial charge in [-0.1, -0.05) is 19.1 Å². The molecule has 1 aromatic heterocycles. The lowest BCUT2D eigenvalue weighted by molar-refractivity contribution is -0.143. The first-order valence-electron chi connectivity index (χ1n) is 6.09. The van der Waals surface area contributed by atoms with Crippen molar-refractivity contribution in [2.45, 2.75) is 39.2 Å². The SMILES string of the molecule is CCC(=O)OCCCCCn1ccc(=S)[nH]c1=S. The number of nitrogens with one attached hydrogen (secondary N) is 1. The van der Waals surface area contributed by atoms with Gasteiger partial charge in [0, 0.05) is 19.2 Å². The number of unbranched alkanes of at least 4 members (excludes halogenated alkanes) is 2. The fourth-order valence-corrected chi connectivity index (χ4v) is 1.95. The minimum absolute atomic E-state index is 0.132. The zero-order chi connectivity index (χ0) is 13.4. The third kappa shape index (κ3) is 5.55. The third-order valence-corrected chi connectivity index (χ3v) is 3.07. The zero-order valence-corrected chi connectivity index (χ0v) is 12.1. The predicted octanol–water partition coefficient (Wildman–Crippen LogP) is 3.40. The Hall–Kier alpha value is -1.01. The predicted molar refractivity (Wildman–Crippen MR) is 75.6 cm³/mol. The first-order valence-corrected chi connectivity index (χ1v) is 6.90. The Morgan fingerprint density at radius 2 is 2.17 bits per heavy atom. The monoisotopic (exact) mass is 286 g/mol. The second-order valence-corrected chi connectivity index (χ2v) is 4.76. The summed E-state index contributed by atoms with van der Waals surface area (Å²) in [4.78, 5) is 13.8. The largest absolute Gasteiger partial charge is 0.466 e. The highest BCUT2D eigenvalue weighted by atomic mass is 32.1. The molecule has 1 rings (SSSR count). The van der Waals surface area contributed by atoms with Crippen LogP contribution in [0.2, 0.25) is 0 Å². The van der Waals surface area contributed by atoms with E-state index < -0.39 is 0 Å². The Balaban J connectivity index is 2.20. The van der Waals surface area contributed by atoms with Gasteiger partial charge in [-0.15, -0.1) is 0 Å². The average molecular weight is 286 g/mol. The van der Waals surface area contributed by atoms with Crippen LogP contribution in [0.3, 0.4) is 0 Å². The van der Waals surface area contributed by atoms with E-state index in [1.165, 1.54) is 0 Å². The summed E-state index contributed by atoms with van der Waals surface area (Å²) in [6.45, 7) is 3.16. The van der Waals surface area contributed by atoms with Crippen molar-refractivity contribution >= 4 is 30.4 Å². The number of ether oxygens (including phenoxy) is 1. The number of esters is 1. The molecule has 0 aliphatic rings. The van der Waals surface area contributed by atoms with Crippen LogP contribution in [0.15, 0.2) is 12.3 Å². The maximum absolute atomic E-state index is 10.9. The summed E-state index contributed by atoms with van der Waals surface area (Å²) in [5.74, 6) is -0.132. The highest BCUT2D eigenvalue weighted by molar-refractivity contribution is 7.72. The quantitative estimate of drug-likeness (QED) is 0.474.